The van der Waals surface area contributed by atoms with Gasteiger partial charge < -0.3 is 9.32 Å². The number of para-hydroxylation sites is 2. The Morgan fingerprint density at radius 2 is 1.00 bits per heavy atom. The van der Waals surface area contributed by atoms with Crippen LogP contribution in [0.4, 0.5) is 17.1 Å². The molecule has 0 spiro atoms. The van der Waals surface area contributed by atoms with Crippen LogP contribution in [0.15, 0.2) is 217 Å². The first-order valence-electron chi connectivity index (χ1n) is 21.2. The Morgan fingerprint density at radius 3 is 1.84 bits per heavy atom. The summed E-state index contributed by atoms with van der Waals surface area (Å²) in [6.07, 6.45) is 0. The van der Waals surface area contributed by atoms with Gasteiger partial charge in [0.2, 0.25) is 0 Å². The third-order valence-corrected chi connectivity index (χ3v) is 13.0. The molecule has 10 aromatic carbocycles. The van der Waals surface area contributed by atoms with Crippen molar-refractivity contribution in [1.29, 1.82) is 0 Å². The summed E-state index contributed by atoms with van der Waals surface area (Å²) in [7, 11) is 0. The standard InChI is InChI=1S/C59H41NO/c1-59(2)52-36-32-42(37-51(52)49-35-31-40-18-7-9-21-46(40)57(49)59)56-45(39-15-4-3-5-16-39)23-14-27-54(56)60(53-26-12-19-38-17-6-8-20-44(38)53)43-33-29-41(30-34-43)47-24-13-25-50-48-22-10-11-28-55(48)61-58(47)50/h3-37H,1-2H3. The van der Waals surface area contributed by atoms with E-state index >= 15 is 0 Å². The van der Waals surface area contributed by atoms with Gasteiger partial charge in [0.05, 0.1) is 11.4 Å². The highest BCUT2D eigenvalue weighted by Gasteiger charge is 2.37. The fourth-order valence-electron chi connectivity index (χ4n) is 10.2. The molecule has 0 aliphatic heterocycles. The number of rotatable bonds is 6. The highest BCUT2D eigenvalue weighted by molar-refractivity contribution is 6.10. The van der Waals surface area contributed by atoms with E-state index in [0.29, 0.717) is 0 Å². The van der Waals surface area contributed by atoms with E-state index < -0.39 is 0 Å². The van der Waals surface area contributed by atoms with E-state index in [-0.39, 0.29) is 5.41 Å². The lowest BCUT2D eigenvalue weighted by molar-refractivity contribution is 0.666. The van der Waals surface area contributed by atoms with Crippen molar-refractivity contribution in [3.05, 3.63) is 223 Å². The zero-order valence-electron chi connectivity index (χ0n) is 34.1. The van der Waals surface area contributed by atoms with E-state index in [0.717, 1.165) is 50.1 Å². The predicted molar refractivity (Wildman–Crippen MR) is 257 cm³/mol. The Hall–Kier alpha value is -7.68. The Bertz CT molecular complexity index is 3500. The van der Waals surface area contributed by atoms with Crippen LogP contribution in [0, 0.1) is 0 Å². The van der Waals surface area contributed by atoms with E-state index in [4.69, 9.17) is 4.42 Å². The number of anilines is 3. The summed E-state index contributed by atoms with van der Waals surface area (Å²) in [6.45, 7) is 4.77. The third-order valence-electron chi connectivity index (χ3n) is 13.0. The lowest BCUT2D eigenvalue weighted by Gasteiger charge is -2.30. The minimum absolute atomic E-state index is 0.144. The molecule has 0 N–H and O–H groups in total. The van der Waals surface area contributed by atoms with Gasteiger partial charge in [0.15, 0.2) is 0 Å². The Morgan fingerprint density at radius 1 is 0.393 bits per heavy atom. The summed E-state index contributed by atoms with van der Waals surface area (Å²) >= 11 is 0. The molecule has 61 heavy (non-hydrogen) atoms. The lowest BCUT2D eigenvalue weighted by atomic mass is 9.80. The van der Waals surface area contributed by atoms with Gasteiger partial charge in [0.25, 0.3) is 0 Å². The van der Waals surface area contributed by atoms with Crippen LogP contribution in [0.1, 0.15) is 25.0 Å². The van der Waals surface area contributed by atoms with Crippen molar-refractivity contribution in [1.82, 2.24) is 0 Å². The average Bonchev–Trinajstić information content (AvgIpc) is 3.81. The molecular weight excluding hydrogens is 739 g/mol. The summed E-state index contributed by atoms with van der Waals surface area (Å²) in [5.74, 6) is 0. The van der Waals surface area contributed by atoms with Crippen molar-refractivity contribution in [2.75, 3.05) is 4.90 Å². The Kier molecular flexibility index (Phi) is 7.92. The molecular formula is C59H41NO. The molecule has 2 heteroatoms. The molecule has 1 heterocycles. The molecule has 2 nitrogen and oxygen atoms in total. The van der Waals surface area contributed by atoms with Gasteiger partial charge in [-0.15, -0.1) is 0 Å². The Balaban J connectivity index is 1.09. The number of hydrogen-bond acceptors (Lipinski definition) is 2. The summed E-state index contributed by atoms with van der Waals surface area (Å²) < 4.78 is 6.50. The van der Waals surface area contributed by atoms with Crippen molar-refractivity contribution in [2.24, 2.45) is 0 Å². The molecule has 11 aromatic rings. The van der Waals surface area contributed by atoms with Gasteiger partial charge in [-0.25, -0.2) is 0 Å². The van der Waals surface area contributed by atoms with Crippen molar-refractivity contribution < 1.29 is 4.42 Å². The number of fused-ring (bicyclic) bond motifs is 9. The van der Waals surface area contributed by atoms with Crippen LogP contribution in [-0.4, -0.2) is 0 Å². The van der Waals surface area contributed by atoms with Crippen LogP contribution in [0.3, 0.4) is 0 Å². The first-order valence-corrected chi connectivity index (χ1v) is 21.2. The molecule has 0 atom stereocenters. The van der Waals surface area contributed by atoms with Gasteiger partial charge in [0, 0.05) is 38.4 Å². The van der Waals surface area contributed by atoms with Crippen LogP contribution in [-0.2, 0) is 5.41 Å². The summed E-state index contributed by atoms with van der Waals surface area (Å²) in [4.78, 5) is 2.47. The normalized spacial score (nSPS) is 12.9. The van der Waals surface area contributed by atoms with Crippen LogP contribution >= 0.6 is 0 Å². The van der Waals surface area contributed by atoms with Gasteiger partial charge in [-0.2, -0.15) is 0 Å². The fraction of sp³-hybridized carbons (Fsp3) is 0.0508. The van der Waals surface area contributed by atoms with E-state index in [1.54, 1.807) is 0 Å². The van der Waals surface area contributed by atoms with Gasteiger partial charge in [-0.05, 0) is 97.1 Å². The average molecular weight is 780 g/mol. The number of furan rings is 1. The lowest BCUT2D eigenvalue weighted by Crippen LogP contribution is -2.15. The molecule has 288 valence electrons. The maximum Gasteiger partial charge on any atom is 0.143 e. The van der Waals surface area contributed by atoms with Crippen LogP contribution in [0.5, 0.6) is 0 Å². The van der Waals surface area contributed by atoms with Gasteiger partial charge in [-0.1, -0.05) is 190 Å². The van der Waals surface area contributed by atoms with Gasteiger partial charge in [0.1, 0.15) is 11.2 Å². The quantitative estimate of drug-likeness (QED) is 0.167. The highest BCUT2D eigenvalue weighted by atomic mass is 16.3. The highest BCUT2D eigenvalue weighted by Crippen LogP contribution is 2.54. The molecule has 0 radical (unpaired) electrons. The molecule has 1 aliphatic rings. The first-order chi connectivity index (χ1) is 30.0. The van der Waals surface area contributed by atoms with Crippen LogP contribution in [0.25, 0.3) is 88.0 Å². The topological polar surface area (TPSA) is 16.4 Å². The number of hydrogen-bond donors (Lipinski definition) is 0. The molecule has 0 bridgehead atoms. The second-order valence-electron chi connectivity index (χ2n) is 16.8. The SMILES string of the molecule is CC1(C)c2ccc(-c3c(-c4ccccc4)cccc3N(c3ccc(-c4cccc5c4oc4ccccc45)cc3)c3cccc4ccccc34)cc2-c2ccc3ccccc3c21. The molecule has 12 rings (SSSR count). The molecule has 0 saturated carbocycles. The summed E-state index contributed by atoms with van der Waals surface area (Å²) in [5, 5.41) is 7.26. The minimum Gasteiger partial charge on any atom is -0.455 e. The molecule has 0 amide bonds. The number of benzene rings is 10. The largest absolute Gasteiger partial charge is 0.455 e. The maximum absolute atomic E-state index is 6.50. The van der Waals surface area contributed by atoms with Crippen molar-refractivity contribution >= 4 is 60.5 Å². The summed E-state index contributed by atoms with van der Waals surface area (Å²) in [6, 6.07) is 77.5. The molecule has 0 unspecified atom stereocenters. The number of nitrogens with zero attached hydrogens (tertiary/aromatic N) is 1. The Labute approximate surface area is 355 Å². The smallest absolute Gasteiger partial charge is 0.143 e. The second kappa shape index (κ2) is 13.7. The third kappa shape index (κ3) is 5.49. The predicted octanol–water partition coefficient (Wildman–Crippen LogP) is 16.7. The second-order valence-corrected chi connectivity index (χ2v) is 16.8. The first kappa shape index (κ1) is 35.3. The molecule has 0 saturated heterocycles. The van der Waals surface area contributed by atoms with E-state index in [1.165, 1.54) is 66.1 Å². The van der Waals surface area contributed by atoms with E-state index in [2.05, 4.69) is 219 Å². The van der Waals surface area contributed by atoms with Crippen LogP contribution in [0.2, 0.25) is 0 Å². The van der Waals surface area contributed by atoms with Gasteiger partial charge >= 0.3 is 0 Å². The molecule has 1 aromatic heterocycles. The van der Waals surface area contributed by atoms with Crippen LogP contribution < -0.4 is 4.90 Å². The van der Waals surface area contributed by atoms with Crippen molar-refractivity contribution in [2.45, 2.75) is 19.3 Å². The molecule has 1 aliphatic carbocycles. The van der Waals surface area contributed by atoms with Gasteiger partial charge in [-0.3, -0.25) is 0 Å². The maximum atomic E-state index is 6.50. The fourth-order valence-corrected chi connectivity index (χ4v) is 10.2. The van der Waals surface area contributed by atoms with E-state index in [9.17, 15) is 0 Å². The van der Waals surface area contributed by atoms with Crippen molar-refractivity contribution in [3.63, 3.8) is 0 Å². The minimum atomic E-state index is -0.144. The van der Waals surface area contributed by atoms with E-state index in [1.807, 2.05) is 12.1 Å². The zero-order valence-corrected chi connectivity index (χ0v) is 34.1. The van der Waals surface area contributed by atoms with Crippen molar-refractivity contribution in [3.8, 4) is 44.5 Å². The monoisotopic (exact) mass is 779 g/mol. The summed E-state index contributed by atoms with van der Waals surface area (Å²) in [5.41, 5.74) is 17.3. The zero-order chi connectivity index (χ0) is 40.7. The molecule has 0 fully saturated rings.